The lowest BCUT2D eigenvalue weighted by atomic mass is 9.95. The first kappa shape index (κ1) is 20.9. The summed E-state index contributed by atoms with van der Waals surface area (Å²) in [4.78, 5) is 25.9. The highest BCUT2D eigenvalue weighted by Crippen LogP contribution is 2.22. The minimum Gasteiger partial charge on any atom is -0.337 e. The molecule has 0 aliphatic carbocycles. The van der Waals surface area contributed by atoms with Crippen LogP contribution in [-0.4, -0.2) is 51.9 Å². The molecule has 2 aromatic heterocycles. The van der Waals surface area contributed by atoms with Crippen molar-refractivity contribution in [2.75, 3.05) is 26.2 Å². The predicted octanol–water partition coefficient (Wildman–Crippen LogP) is 3.83. The van der Waals surface area contributed by atoms with Gasteiger partial charge in [-0.3, -0.25) is 19.7 Å². The topological polar surface area (TPSA) is 49.3 Å². The standard InChI is InChI=1S/C26H28N4O/c1-2-14-30-16-15-29(19-22-4-3-11-28-18-22)20-25(26(30)31)17-21-5-7-23(8-6-21)24-9-12-27-13-10-24/h2-13,18,25H,1,14-17,19-20H2. The van der Waals surface area contributed by atoms with Crippen molar-refractivity contribution >= 4 is 5.91 Å². The summed E-state index contributed by atoms with van der Waals surface area (Å²) in [6, 6.07) is 16.6. The highest BCUT2D eigenvalue weighted by molar-refractivity contribution is 5.80. The van der Waals surface area contributed by atoms with E-state index in [0.717, 1.165) is 43.7 Å². The predicted molar refractivity (Wildman–Crippen MR) is 123 cm³/mol. The van der Waals surface area contributed by atoms with Crippen molar-refractivity contribution < 1.29 is 4.79 Å². The third-order valence-corrected chi connectivity index (χ3v) is 5.75. The van der Waals surface area contributed by atoms with Gasteiger partial charge in [-0.2, -0.15) is 0 Å². The van der Waals surface area contributed by atoms with E-state index < -0.39 is 0 Å². The molecule has 1 atom stereocenters. The van der Waals surface area contributed by atoms with E-state index in [2.05, 4.69) is 51.8 Å². The summed E-state index contributed by atoms with van der Waals surface area (Å²) in [5.74, 6) is 0.137. The Balaban J connectivity index is 1.50. The lowest BCUT2D eigenvalue weighted by Gasteiger charge is -2.23. The summed E-state index contributed by atoms with van der Waals surface area (Å²) >= 11 is 0. The van der Waals surface area contributed by atoms with Gasteiger partial charge in [0, 0.05) is 57.5 Å². The number of hydrogen-bond donors (Lipinski definition) is 0. The first-order chi connectivity index (χ1) is 15.2. The molecule has 31 heavy (non-hydrogen) atoms. The van der Waals surface area contributed by atoms with Crippen molar-refractivity contribution in [3.8, 4) is 11.1 Å². The zero-order valence-electron chi connectivity index (χ0n) is 17.7. The van der Waals surface area contributed by atoms with Gasteiger partial charge in [-0.25, -0.2) is 0 Å². The van der Waals surface area contributed by atoms with Gasteiger partial charge in [0.15, 0.2) is 0 Å². The second-order valence-corrected chi connectivity index (χ2v) is 8.00. The molecule has 1 aromatic carbocycles. The Bertz CT molecular complexity index is 989. The number of pyridine rings is 2. The quantitative estimate of drug-likeness (QED) is 0.554. The van der Waals surface area contributed by atoms with E-state index in [-0.39, 0.29) is 11.8 Å². The molecule has 0 spiro atoms. The zero-order valence-corrected chi connectivity index (χ0v) is 17.7. The number of hydrogen-bond acceptors (Lipinski definition) is 4. The first-order valence-corrected chi connectivity index (χ1v) is 10.7. The number of rotatable bonds is 7. The number of aromatic nitrogens is 2. The first-order valence-electron chi connectivity index (χ1n) is 10.7. The fourth-order valence-corrected chi connectivity index (χ4v) is 4.16. The van der Waals surface area contributed by atoms with Crippen LogP contribution in [0.15, 0.2) is 86.0 Å². The molecule has 5 heteroatoms. The SMILES string of the molecule is C=CCN1CCN(Cc2cccnc2)CC(Cc2ccc(-c3ccncc3)cc2)C1=O. The molecule has 3 heterocycles. The van der Waals surface area contributed by atoms with Gasteiger partial charge < -0.3 is 4.90 Å². The molecule has 0 saturated carbocycles. The monoisotopic (exact) mass is 412 g/mol. The molecular formula is C26H28N4O. The van der Waals surface area contributed by atoms with Gasteiger partial charge in [0.05, 0.1) is 5.92 Å². The van der Waals surface area contributed by atoms with Crippen LogP contribution >= 0.6 is 0 Å². The maximum Gasteiger partial charge on any atom is 0.227 e. The van der Waals surface area contributed by atoms with E-state index in [4.69, 9.17) is 0 Å². The Hall–Kier alpha value is -3.31. The van der Waals surface area contributed by atoms with Crippen molar-refractivity contribution in [1.29, 1.82) is 0 Å². The molecule has 0 bridgehead atoms. The van der Waals surface area contributed by atoms with Crippen LogP contribution in [0.4, 0.5) is 0 Å². The maximum atomic E-state index is 13.3. The van der Waals surface area contributed by atoms with Gasteiger partial charge in [-0.1, -0.05) is 36.4 Å². The smallest absolute Gasteiger partial charge is 0.227 e. The van der Waals surface area contributed by atoms with E-state index in [1.165, 1.54) is 11.1 Å². The molecule has 1 amide bonds. The van der Waals surface area contributed by atoms with E-state index in [1.54, 1.807) is 18.6 Å². The van der Waals surface area contributed by atoms with Gasteiger partial charge >= 0.3 is 0 Å². The molecule has 1 unspecified atom stereocenters. The average Bonchev–Trinajstić information content (AvgIpc) is 2.95. The molecule has 0 N–H and O–H groups in total. The van der Waals surface area contributed by atoms with Crippen molar-refractivity contribution in [3.63, 3.8) is 0 Å². The van der Waals surface area contributed by atoms with Crippen LogP contribution in [0.5, 0.6) is 0 Å². The highest BCUT2D eigenvalue weighted by atomic mass is 16.2. The lowest BCUT2D eigenvalue weighted by Crippen LogP contribution is -2.37. The molecule has 1 fully saturated rings. The molecule has 0 radical (unpaired) electrons. The summed E-state index contributed by atoms with van der Waals surface area (Å²) in [5, 5.41) is 0. The van der Waals surface area contributed by atoms with Gasteiger partial charge in [0.25, 0.3) is 0 Å². The highest BCUT2D eigenvalue weighted by Gasteiger charge is 2.30. The van der Waals surface area contributed by atoms with Crippen LogP contribution in [0.3, 0.4) is 0 Å². The van der Waals surface area contributed by atoms with Gasteiger partial charge in [0.1, 0.15) is 0 Å². The lowest BCUT2D eigenvalue weighted by molar-refractivity contribution is -0.134. The minimum absolute atomic E-state index is 0.0779. The number of nitrogens with zero attached hydrogens (tertiary/aromatic N) is 4. The van der Waals surface area contributed by atoms with Gasteiger partial charge in [-0.15, -0.1) is 6.58 Å². The molecule has 4 rings (SSSR count). The van der Waals surface area contributed by atoms with E-state index in [1.807, 2.05) is 35.4 Å². The summed E-state index contributed by atoms with van der Waals surface area (Å²) < 4.78 is 0. The number of carbonyl (C=O) groups excluding carboxylic acids is 1. The van der Waals surface area contributed by atoms with Crippen molar-refractivity contribution in [2.45, 2.75) is 13.0 Å². The molecule has 1 aliphatic rings. The van der Waals surface area contributed by atoms with Crippen molar-refractivity contribution in [3.05, 3.63) is 97.1 Å². The zero-order chi connectivity index (χ0) is 21.5. The molecule has 1 aliphatic heterocycles. The van der Waals surface area contributed by atoms with Crippen molar-refractivity contribution in [1.82, 2.24) is 19.8 Å². The fourth-order valence-electron chi connectivity index (χ4n) is 4.16. The maximum absolute atomic E-state index is 13.3. The Morgan fingerprint density at radius 2 is 1.71 bits per heavy atom. The number of carbonyl (C=O) groups is 1. The van der Waals surface area contributed by atoms with Crippen LogP contribution < -0.4 is 0 Å². The third kappa shape index (κ3) is 5.44. The van der Waals surface area contributed by atoms with Crippen LogP contribution in [-0.2, 0) is 17.8 Å². The minimum atomic E-state index is -0.0779. The fraction of sp³-hybridized carbons (Fsp3) is 0.269. The van der Waals surface area contributed by atoms with Gasteiger partial charge in [-0.05, 0) is 46.9 Å². The summed E-state index contributed by atoms with van der Waals surface area (Å²) in [6.45, 7) is 7.56. The molecule has 1 saturated heterocycles. The molecular weight excluding hydrogens is 384 g/mol. The van der Waals surface area contributed by atoms with Crippen LogP contribution in [0.25, 0.3) is 11.1 Å². The Morgan fingerprint density at radius 1 is 0.935 bits per heavy atom. The summed E-state index contributed by atoms with van der Waals surface area (Å²) in [5.41, 5.74) is 4.65. The van der Waals surface area contributed by atoms with E-state index >= 15 is 0 Å². The summed E-state index contributed by atoms with van der Waals surface area (Å²) in [6.07, 6.45) is 9.85. The molecule has 5 nitrogen and oxygen atoms in total. The van der Waals surface area contributed by atoms with Gasteiger partial charge in [0.2, 0.25) is 5.91 Å². The second kappa shape index (κ2) is 10.1. The van der Waals surface area contributed by atoms with E-state index in [9.17, 15) is 4.79 Å². The molecule has 3 aromatic rings. The second-order valence-electron chi connectivity index (χ2n) is 8.00. The van der Waals surface area contributed by atoms with E-state index in [0.29, 0.717) is 6.54 Å². The Labute approximate surface area is 184 Å². The third-order valence-electron chi connectivity index (χ3n) is 5.75. The molecule has 158 valence electrons. The largest absolute Gasteiger partial charge is 0.337 e. The Kier molecular flexibility index (Phi) is 6.85. The van der Waals surface area contributed by atoms with Crippen LogP contribution in [0.1, 0.15) is 11.1 Å². The van der Waals surface area contributed by atoms with Crippen molar-refractivity contribution in [2.24, 2.45) is 5.92 Å². The average molecular weight is 413 g/mol. The normalized spacial score (nSPS) is 17.4. The van der Waals surface area contributed by atoms with Crippen LogP contribution in [0.2, 0.25) is 0 Å². The number of amides is 1. The van der Waals surface area contributed by atoms with Crippen LogP contribution in [0, 0.1) is 5.92 Å². The number of benzene rings is 1. The summed E-state index contributed by atoms with van der Waals surface area (Å²) in [7, 11) is 0. The Morgan fingerprint density at radius 3 is 2.42 bits per heavy atom.